The molecule has 0 saturated carbocycles. The Hall–Kier alpha value is -0.800. The van der Waals surface area contributed by atoms with Crippen molar-refractivity contribution in [1.29, 1.82) is 0 Å². The molecular weight excluding hydrogens is 258 g/mol. The lowest BCUT2D eigenvalue weighted by atomic mass is 10.2. The second-order valence-corrected chi connectivity index (χ2v) is 5.60. The van der Waals surface area contributed by atoms with E-state index in [0.717, 1.165) is 48.9 Å². The normalized spacial score (nSPS) is 11.9. The molecule has 0 amide bonds. The molecule has 3 nitrogen and oxygen atoms in total. The summed E-state index contributed by atoms with van der Waals surface area (Å²) >= 11 is 6.26. The summed E-state index contributed by atoms with van der Waals surface area (Å²) in [5.74, 6) is 0.713. The van der Waals surface area contributed by atoms with Crippen molar-refractivity contribution in [2.75, 3.05) is 13.1 Å². The fourth-order valence-electron chi connectivity index (χ4n) is 1.95. The average Bonchev–Trinajstić information content (AvgIpc) is 2.64. The van der Waals surface area contributed by atoms with Gasteiger partial charge in [0.05, 0.1) is 16.4 Å². The number of rotatable bonds is 8. The van der Waals surface area contributed by atoms with Crippen LogP contribution in [0, 0.1) is 12.8 Å². The highest BCUT2D eigenvalue weighted by molar-refractivity contribution is 6.31. The van der Waals surface area contributed by atoms with Crippen LogP contribution in [0.2, 0.25) is 5.02 Å². The van der Waals surface area contributed by atoms with Crippen molar-refractivity contribution < 1.29 is 0 Å². The Morgan fingerprint density at radius 1 is 1.37 bits per heavy atom. The van der Waals surface area contributed by atoms with Gasteiger partial charge in [-0.25, -0.2) is 0 Å². The molecule has 1 aromatic rings. The van der Waals surface area contributed by atoms with Crippen LogP contribution >= 0.6 is 11.6 Å². The van der Waals surface area contributed by atoms with E-state index in [0.29, 0.717) is 5.92 Å². The quantitative estimate of drug-likeness (QED) is 0.584. The second-order valence-electron chi connectivity index (χ2n) is 5.22. The minimum Gasteiger partial charge on any atom is -0.316 e. The predicted molar refractivity (Wildman–Crippen MR) is 82.8 cm³/mol. The number of allylic oxidation sites excluding steroid dienone is 1. The molecule has 0 bridgehead atoms. The van der Waals surface area contributed by atoms with Crippen LogP contribution in [0.4, 0.5) is 0 Å². The molecule has 108 valence electrons. The summed E-state index contributed by atoms with van der Waals surface area (Å²) in [5.41, 5.74) is 2.04. The number of halogens is 1. The van der Waals surface area contributed by atoms with Crippen LogP contribution in [0.25, 0.3) is 0 Å². The molecule has 0 radical (unpaired) electrons. The van der Waals surface area contributed by atoms with Crippen molar-refractivity contribution in [3.63, 3.8) is 0 Å². The lowest BCUT2D eigenvalue weighted by Gasteiger charge is -2.05. The summed E-state index contributed by atoms with van der Waals surface area (Å²) in [7, 11) is 0. The van der Waals surface area contributed by atoms with Crippen LogP contribution < -0.4 is 5.32 Å². The minimum atomic E-state index is 0.713. The van der Waals surface area contributed by atoms with Gasteiger partial charge >= 0.3 is 0 Å². The largest absolute Gasteiger partial charge is 0.316 e. The van der Waals surface area contributed by atoms with Gasteiger partial charge in [-0.05, 0) is 39.3 Å². The van der Waals surface area contributed by atoms with Crippen LogP contribution in [-0.4, -0.2) is 22.9 Å². The molecule has 1 rings (SSSR count). The first-order valence-corrected chi connectivity index (χ1v) is 7.51. The van der Waals surface area contributed by atoms with Crippen molar-refractivity contribution >= 4 is 11.6 Å². The Morgan fingerprint density at radius 2 is 2.11 bits per heavy atom. The summed E-state index contributed by atoms with van der Waals surface area (Å²) in [5, 5.41) is 8.65. The Morgan fingerprint density at radius 3 is 2.74 bits per heavy atom. The van der Waals surface area contributed by atoms with E-state index in [-0.39, 0.29) is 0 Å². The van der Waals surface area contributed by atoms with Gasteiger partial charge in [0, 0.05) is 13.0 Å². The Bertz CT molecular complexity index is 408. The van der Waals surface area contributed by atoms with E-state index in [2.05, 4.69) is 43.3 Å². The molecule has 0 aliphatic carbocycles. The van der Waals surface area contributed by atoms with Gasteiger partial charge in [-0.1, -0.05) is 37.6 Å². The van der Waals surface area contributed by atoms with E-state index in [1.54, 1.807) is 0 Å². The van der Waals surface area contributed by atoms with Crippen molar-refractivity contribution in [1.82, 2.24) is 15.1 Å². The lowest BCUT2D eigenvalue weighted by molar-refractivity contribution is 0.556. The van der Waals surface area contributed by atoms with Gasteiger partial charge in [0.15, 0.2) is 0 Å². The van der Waals surface area contributed by atoms with Crippen LogP contribution in [0.15, 0.2) is 12.2 Å². The van der Waals surface area contributed by atoms with Gasteiger partial charge in [0.2, 0.25) is 0 Å². The number of nitrogens with zero attached hydrogens (tertiary/aromatic N) is 2. The Balaban J connectivity index is 2.36. The number of hydrogen-bond donors (Lipinski definition) is 1. The molecule has 0 aliphatic rings. The van der Waals surface area contributed by atoms with Gasteiger partial charge in [-0.2, -0.15) is 5.10 Å². The summed E-state index contributed by atoms with van der Waals surface area (Å²) in [6.45, 7) is 11.5. The zero-order valence-electron chi connectivity index (χ0n) is 12.5. The number of aromatic nitrogens is 2. The molecule has 0 aromatic carbocycles. The standard InChI is InChI=1S/C15H26ClN3/c1-5-19-14(15(16)13(4)18-19)9-7-6-8-10-17-11-12(2)3/h6-7,12,17H,5,8-11H2,1-4H3. The molecule has 0 atom stereocenters. The molecule has 0 saturated heterocycles. The van der Waals surface area contributed by atoms with Crippen molar-refractivity contribution in [2.24, 2.45) is 5.92 Å². The molecule has 19 heavy (non-hydrogen) atoms. The SMILES string of the molecule is CCn1nc(C)c(Cl)c1CC=CCCNCC(C)C. The first-order valence-electron chi connectivity index (χ1n) is 7.13. The summed E-state index contributed by atoms with van der Waals surface area (Å²) in [4.78, 5) is 0. The van der Waals surface area contributed by atoms with Gasteiger partial charge in [-0.3, -0.25) is 4.68 Å². The molecule has 0 spiro atoms. The molecular formula is C15H26ClN3. The fraction of sp³-hybridized carbons (Fsp3) is 0.667. The Labute approximate surface area is 122 Å². The van der Waals surface area contributed by atoms with E-state index in [4.69, 9.17) is 11.6 Å². The summed E-state index contributed by atoms with van der Waals surface area (Å²) in [6, 6.07) is 0. The summed E-state index contributed by atoms with van der Waals surface area (Å²) in [6.07, 6.45) is 6.32. The third-order valence-electron chi connectivity index (χ3n) is 2.97. The van der Waals surface area contributed by atoms with E-state index in [1.807, 2.05) is 11.6 Å². The highest BCUT2D eigenvalue weighted by Crippen LogP contribution is 2.20. The number of hydrogen-bond acceptors (Lipinski definition) is 2. The number of aryl methyl sites for hydroxylation is 2. The highest BCUT2D eigenvalue weighted by Gasteiger charge is 2.10. The van der Waals surface area contributed by atoms with Gasteiger partial charge in [0.25, 0.3) is 0 Å². The molecule has 1 heterocycles. The van der Waals surface area contributed by atoms with Crippen molar-refractivity contribution in [2.45, 2.75) is 47.1 Å². The predicted octanol–water partition coefficient (Wildman–Crippen LogP) is 3.60. The van der Waals surface area contributed by atoms with Crippen LogP contribution in [0.5, 0.6) is 0 Å². The van der Waals surface area contributed by atoms with Crippen molar-refractivity contribution in [3.05, 3.63) is 28.6 Å². The third kappa shape index (κ3) is 5.37. The molecule has 0 unspecified atom stereocenters. The maximum Gasteiger partial charge on any atom is 0.0850 e. The van der Waals surface area contributed by atoms with Gasteiger partial charge in [0.1, 0.15) is 0 Å². The van der Waals surface area contributed by atoms with Gasteiger partial charge in [-0.15, -0.1) is 0 Å². The highest BCUT2D eigenvalue weighted by atomic mass is 35.5. The van der Waals surface area contributed by atoms with Crippen LogP contribution in [0.3, 0.4) is 0 Å². The lowest BCUT2D eigenvalue weighted by Crippen LogP contribution is -2.20. The Kier molecular flexibility index (Phi) is 7.17. The monoisotopic (exact) mass is 283 g/mol. The molecule has 1 N–H and O–H groups in total. The second kappa shape index (κ2) is 8.39. The van der Waals surface area contributed by atoms with E-state index < -0.39 is 0 Å². The maximum absolute atomic E-state index is 6.26. The molecule has 0 aliphatic heterocycles. The molecule has 1 aromatic heterocycles. The maximum atomic E-state index is 6.26. The fourth-order valence-corrected chi connectivity index (χ4v) is 2.17. The zero-order valence-corrected chi connectivity index (χ0v) is 13.3. The smallest absolute Gasteiger partial charge is 0.0850 e. The van der Waals surface area contributed by atoms with Crippen molar-refractivity contribution in [3.8, 4) is 0 Å². The van der Waals surface area contributed by atoms with E-state index in [9.17, 15) is 0 Å². The average molecular weight is 284 g/mol. The first kappa shape index (κ1) is 16.3. The number of nitrogens with one attached hydrogen (secondary N) is 1. The van der Waals surface area contributed by atoms with E-state index in [1.165, 1.54) is 0 Å². The van der Waals surface area contributed by atoms with Crippen LogP contribution in [0.1, 0.15) is 38.6 Å². The van der Waals surface area contributed by atoms with Gasteiger partial charge < -0.3 is 5.32 Å². The summed E-state index contributed by atoms with van der Waals surface area (Å²) < 4.78 is 1.99. The molecule has 0 fully saturated rings. The first-order chi connectivity index (χ1) is 9.06. The van der Waals surface area contributed by atoms with E-state index >= 15 is 0 Å². The molecule has 4 heteroatoms. The zero-order chi connectivity index (χ0) is 14.3. The topological polar surface area (TPSA) is 29.9 Å². The minimum absolute atomic E-state index is 0.713. The third-order valence-corrected chi connectivity index (χ3v) is 3.46. The van der Waals surface area contributed by atoms with Crippen LogP contribution in [-0.2, 0) is 13.0 Å².